The van der Waals surface area contributed by atoms with Gasteiger partial charge in [-0.25, -0.2) is 4.79 Å². The molecule has 0 saturated carbocycles. The van der Waals surface area contributed by atoms with E-state index >= 15 is 0 Å². The van der Waals surface area contributed by atoms with Crippen molar-refractivity contribution in [2.75, 3.05) is 24.7 Å². The average Bonchev–Trinajstić information content (AvgIpc) is 2.81. The smallest absolute Gasteiger partial charge is 0.321 e. The molecule has 0 saturated heterocycles. The third-order valence-corrected chi connectivity index (χ3v) is 3.63. The predicted octanol–water partition coefficient (Wildman–Crippen LogP) is 0.684. The fraction of sp³-hybridized carbons (Fsp3) is 0.333. The van der Waals surface area contributed by atoms with E-state index in [4.69, 9.17) is 0 Å². The lowest BCUT2D eigenvalue weighted by Crippen LogP contribution is -2.38. The zero-order chi connectivity index (χ0) is 13.4. The largest absolute Gasteiger partial charge is 0.357 e. The van der Waals surface area contributed by atoms with Crippen molar-refractivity contribution in [1.29, 1.82) is 0 Å². The van der Waals surface area contributed by atoms with E-state index in [1.165, 1.54) is 30.1 Å². The molecule has 0 unspecified atom stereocenters. The van der Waals surface area contributed by atoms with Crippen molar-refractivity contribution in [3.63, 3.8) is 0 Å². The number of imide groups is 1. The van der Waals surface area contributed by atoms with Crippen LogP contribution in [0.15, 0.2) is 17.0 Å². The number of carbonyl (C=O) groups is 2. The molecule has 1 aromatic rings. The molecule has 0 bridgehead atoms. The Balaban J connectivity index is 2.34. The lowest BCUT2D eigenvalue weighted by Gasteiger charge is -2.00. The standard InChI is InChI=1S/C9H13N5O2S2/c1-3-4-11-8-13-14-9(18-8)17-5-6(15)12-7(16)10-2/h3H,1,4-5H2,2H3,(H,11,13)(H2,10,12,15,16). The van der Waals surface area contributed by atoms with E-state index in [-0.39, 0.29) is 11.7 Å². The van der Waals surface area contributed by atoms with Crippen molar-refractivity contribution in [3.05, 3.63) is 12.7 Å². The number of anilines is 1. The summed E-state index contributed by atoms with van der Waals surface area (Å²) in [6.45, 7) is 4.18. The number of aromatic nitrogens is 2. The van der Waals surface area contributed by atoms with Crippen molar-refractivity contribution in [3.8, 4) is 0 Å². The van der Waals surface area contributed by atoms with Crippen LogP contribution in [-0.4, -0.2) is 41.5 Å². The lowest BCUT2D eigenvalue weighted by molar-refractivity contribution is -0.117. The van der Waals surface area contributed by atoms with Crippen molar-refractivity contribution >= 4 is 40.2 Å². The van der Waals surface area contributed by atoms with Gasteiger partial charge < -0.3 is 10.6 Å². The molecular weight excluding hydrogens is 274 g/mol. The molecular formula is C9H13N5O2S2. The van der Waals surface area contributed by atoms with E-state index < -0.39 is 6.03 Å². The van der Waals surface area contributed by atoms with Gasteiger partial charge in [0.15, 0.2) is 4.34 Å². The number of carbonyl (C=O) groups excluding carboxylic acids is 2. The van der Waals surface area contributed by atoms with Crippen molar-refractivity contribution in [2.45, 2.75) is 4.34 Å². The summed E-state index contributed by atoms with van der Waals surface area (Å²) in [6.07, 6.45) is 1.71. The molecule has 98 valence electrons. The zero-order valence-corrected chi connectivity index (χ0v) is 11.4. The zero-order valence-electron chi connectivity index (χ0n) is 9.73. The molecule has 0 spiro atoms. The topological polar surface area (TPSA) is 96.0 Å². The van der Waals surface area contributed by atoms with E-state index in [9.17, 15) is 9.59 Å². The number of hydrogen-bond acceptors (Lipinski definition) is 7. The van der Waals surface area contributed by atoms with Crippen LogP contribution in [0, 0.1) is 0 Å². The molecule has 18 heavy (non-hydrogen) atoms. The summed E-state index contributed by atoms with van der Waals surface area (Å²) in [5, 5.41) is 15.9. The molecule has 1 aromatic heterocycles. The minimum absolute atomic E-state index is 0.115. The van der Waals surface area contributed by atoms with Gasteiger partial charge in [-0.1, -0.05) is 29.2 Å². The number of hydrogen-bond donors (Lipinski definition) is 3. The van der Waals surface area contributed by atoms with Gasteiger partial charge in [-0.3, -0.25) is 10.1 Å². The van der Waals surface area contributed by atoms with Gasteiger partial charge in [-0.05, 0) is 0 Å². The number of thioether (sulfide) groups is 1. The van der Waals surface area contributed by atoms with Crippen LogP contribution in [0.1, 0.15) is 0 Å². The van der Waals surface area contributed by atoms with Crippen LogP contribution in [0.25, 0.3) is 0 Å². The Morgan fingerprint density at radius 2 is 2.28 bits per heavy atom. The predicted molar refractivity (Wildman–Crippen MR) is 71.9 cm³/mol. The van der Waals surface area contributed by atoms with Crippen molar-refractivity contribution in [1.82, 2.24) is 20.8 Å². The highest BCUT2D eigenvalue weighted by Crippen LogP contribution is 2.24. The second kappa shape index (κ2) is 7.67. The minimum Gasteiger partial charge on any atom is -0.357 e. The summed E-state index contributed by atoms with van der Waals surface area (Å²) in [5.74, 6) is -0.265. The Morgan fingerprint density at radius 3 is 2.94 bits per heavy atom. The Kier molecular flexibility index (Phi) is 6.15. The van der Waals surface area contributed by atoms with Gasteiger partial charge >= 0.3 is 6.03 Å². The van der Waals surface area contributed by atoms with E-state index in [0.29, 0.717) is 16.0 Å². The second-order valence-electron chi connectivity index (χ2n) is 2.96. The van der Waals surface area contributed by atoms with Gasteiger partial charge in [0, 0.05) is 13.6 Å². The number of nitrogens with one attached hydrogen (secondary N) is 3. The second-order valence-corrected chi connectivity index (χ2v) is 5.16. The van der Waals surface area contributed by atoms with Gasteiger partial charge in [-0.2, -0.15) is 0 Å². The van der Waals surface area contributed by atoms with Crippen LogP contribution < -0.4 is 16.0 Å². The summed E-state index contributed by atoms with van der Waals surface area (Å²) >= 11 is 2.56. The number of nitrogens with zero attached hydrogens (tertiary/aromatic N) is 2. The summed E-state index contributed by atoms with van der Waals surface area (Å²) in [4.78, 5) is 22.2. The first kappa shape index (κ1) is 14.5. The molecule has 0 radical (unpaired) electrons. The molecule has 0 aliphatic carbocycles. The summed E-state index contributed by atoms with van der Waals surface area (Å²) in [5.41, 5.74) is 0. The van der Waals surface area contributed by atoms with Crippen molar-refractivity contribution < 1.29 is 9.59 Å². The average molecular weight is 287 g/mol. The highest BCUT2D eigenvalue weighted by Gasteiger charge is 2.09. The molecule has 3 N–H and O–H groups in total. The van der Waals surface area contributed by atoms with Crippen LogP contribution in [0.4, 0.5) is 9.93 Å². The van der Waals surface area contributed by atoms with Gasteiger partial charge in [0.1, 0.15) is 0 Å². The van der Waals surface area contributed by atoms with Gasteiger partial charge in [-0.15, -0.1) is 16.8 Å². The first-order chi connectivity index (χ1) is 8.65. The first-order valence-corrected chi connectivity index (χ1v) is 6.78. The highest BCUT2D eigenvalue weighted by atomic mass is 32.2. The van der Waals surface area contributed by atoms with E-state index in [0.717, 1.165) is 0 Å². The lowest BCUT2D eigenvalue weighted by atomic mass is 10.6. The summed E-state index contributed by atoms with van der Waals surface area (Å²) < 4.78 is 0.661. The van der Waals surface area contributed by atoms with Crippen LogP contribution >= 0.6 is 23.1 Å². The first-order valence-electron chi connectivity index (χ1n) is 4.98. The maximum absolute atomic E-state index is 11.3. The molecule has 1 heterocycles. The summed E-state index contributed by atoms with van der Waals surface area (Å²) in [6, 6.07) is -0.522. The van der Waals surface area contributed by atoms with Gasteiger partial charge in [0.25, 0.3) is 0 Å². The van der Waals surface area contributed by atoms with E-state index in [2.05, 4.69) is 32.7 Å². The molecule has 0 aliphatic heterocycles. The Bertz CT molecular complexity index is 434. The maximum atomic E-state index is 11.3. The van der Waals surface area contributed by atoms with Crippen LogP contribution in [0.2, 0.25) is 0 Å². The monoisotopic (exact) mass is 287 g/mol. The summed E-state index contributed by atoms with van der Waals surface area (Å²) in [7, 11) is 1.44. The quantitative estimate of drug-likeness (QED) is 0.526. The normalized spacial score (nSPS) is 9.61. The Hall–Kier alpha value is -1.61. The number of amides is 3. The molecule has 7 nitrogen and oxygen atoms in total. The third-order valence-electron chi connectivity index (χ3n) is 1.61. The van der Waals surface area contributed by atoms with Crippen molar-refractivity contribution in [2.24, 2.45) is 0 Å². The molecule has 0 atom stereocenters. The SMILES string of the molecule is C=CCNc1nnc(SCC(=O)NC(=O)NC)s1. The highest BCUT2D eigenvalue weighted by molar-refractivity contribution is 8.01. The molecule has 0 aliphatic rings. The molecule has 3 amide bonds. The number of rotatable bonds is 6. The molecule has 1 rings (SSSR count). The van der Waals surface area contributed by atoms with E-state index in [1.54, 1.807) is 6.08 Å². The fourth-order valence-electron chi connectivity index (χ4n) is 0.852. The molecule has 9 heteroatoms. The Labute approximate surface area is 112 Å². The maximum Gasteiger partial charge on any atom is 0.321 e. The van der Waals surface area contributed by atoms with E-state index in [1.807, 2.05) is 0 Å². The minimum atomic E-state index is -0.522. The van der Waals surface area contributed by atoms with Crippen LogP contribution in [0.5, 0.6) is 0 Å². The fourth-order valence-corrected chi connectivity index (χ4v) is 2.41. The van der Waals surface area contributed by atoms with Crippen LogP contribution in [-0.2, 0) is 4.79 Å². The number of urea groups is 1. The van der Waals surface area contributed by atoms with Gasteiger partial charge in [0.2, 0.25) is 11.0 Å². The molecule has 0 aromatic carbocycles. The van der Waals surface area contributed by atoms with Crippen LogP contribution in [0.3, 0.4) is 0 Å². The third kappa shape index (κ3) is 5.15. The van der Waals surface area contributed by atoms with Gasteiger partial charge in [0.05, 0.1) is 5.75 Å². The Morgan fingerprint density at radius 1 is 1.50 bits per heavy atom. The molecule has 0 fully saturated rings.